The van der Waals surface area contributed by atoms with Crippen LogP contribution in [0.5, 0.6) is 0 Å². The first-order chi connectivity index (χ1) is 13.1. The lowest BCUT2D eigenvalue weighted by molar-refractivity contribution is -0.131. The van der Waals surface area contributed by atoms with Crippen LogP contribution in [-0.4, -0.2) is 43.7 Å². The Morgan fingerprint density at radius 1 is 1.11 bits per heavy atom. The van der Waals surface area contributed by atoms with E-state index in [2.05, 4.69) is 4.98 Å². The molecule has 140 valence electrons. The number of fused-ring (bicyclic) bond motifs is 1. The van der Waals surface area contributed by atoms with E-state index in [0.717, 1.165) is 16.6 Å². The molecule has 1 fully saturated rings. The van der Waals surface area contributed by atoms with Gasteiger partial charge in [-0.15, -0.1) is 0 Å². The molecule has 1 amide bonds. The van der Waals surface area contributed by atoms with E-state index in [4.69, 9.17) is 0 Å². The van der Waals surface area contributed by atoms with Crippen LogP contribution in [-0.2, 0) is 23.5 Å². The number of aliphatic hydroxyl groups is 2. The fourth-order valence-corrected chi connectivity index (χ4v) is 3.85. The van der Waals surface area contributed by atoms with Gasteiger partial charge in [0.2, 0.25) is 5.91 Å². The van der Waals surface area contributed by atoms with Crippen LogP contribution >= 0.6 is 0 Å². The van der Waals surface area contributed by atoms with Gasteiger partial charge in [0.05, 0.1) is 17.6 Å². The summed E-state index contributed by atoms with van der Waals surface area (Å²) in [4.78, 5) is 18.9. The number of carbonyl (C=O) groups is 1. The summed E-state index contributed by atoms with van der Waals surface area (Å²) in [6.07, 6.45) is 0.844. The number of hydrogen-bond acceptors (Lipinski definition) is 4. The number of para-hydroxylation sites is 2. The standard InChI is InChI=1S/C21H23N3O3/c25-14-19-22-17-8-4-5-9-18(17)24(19)12-10-20(26)23-13-11-21(27,15-23)16-6-2-1-3-7-16/h1-9,25,27H,10-15H2/t21-/m0/s1. The number of likely N-dealkylation sites (tertiary alicyclic amines) is 1. The fraction of sp³-hybridized carbons (Fsp3) is 0.333. The molecule has 0 saturated carbocycles. The molecule has 2 N–H and O–H groups in total. The van der Waals surface area contributed by atoms with Crippen molar-refractivity contribution in [3.63, 3.8) is 0 Å². The predicted molar refractivity (Wildman–Crippen MR) is 102 cm³/mol. The van der Waals surface area contributed by atoms with Gasteiger partial charge in [-0.25, -0.2) is 4.98 Å². The number of rotatable bonds is 5. The molecule has 0 bridgehead atoms. The van der Waals surface area contributed by atoms with Crippen LogP contribution < -0.4 is 0 Å². The van der Waals surface area contributed by atoms with Crippen molar-refractivity contribution in [3.8, 4) is 0 Å². The molecule has 4 rings (SSSR count). The van der Waals surface area contributed by atoms with Crippen LogP contribution in [0.15, 0.2) is 54.6 Å². The summed E-state index contributed by atoms with van der Waals surface area (Å²) < 4.78 is 1.90. The van der Waals surface area contributed by atoms with Crippen molar-refractivity contribution in [2.75, 3.05) is 13.1 Å². The third-order valence-corrected chi connectivity index (χ3v) is 5.34. The summed E-state index contributed by atoms with van der Waals surface area (Å²) in [5.74, 6) is 0.565. The highest BCUT2D eigenvalue weighted by Gasteiger charge is 2.39. The van der Waals surface area contributed by atoms with E-state index in [-0.39, 0.29) is 12.5 Å². The lowest BCUT2D eigenvalue weighted by Gasteiger charge is -2.24. The molecule has 0 radical (unpaired) electrons. The summed E-state index contributed by atoms with van der Waals surface area (Å²) in [6, 6.07) is 17.2. The fourth-order valence-electron chi connectivity index (χ4n) is 3.85. The Kier molecular flexibility index (Phi) is 4.68. The van der Waals surface area contributed by atoms with Gasteiger partial charge in [-0.2, -0.15) is 0 Å². The second kappa shape index (κ2) is 7.13. The minimum absolute atomic E-state index is 0.00327. The zero-order valence-corrected chi connectivity index (χ0v) is 15.1. The summed E-state index contributed by atoms with van der Waals surface area (Å²) in [5.41, 5.74) is 1.60. The molecule has 1 atom stereocenters. The zero-order chi connectivity index (χ0) is 18.9. The van der Waals surface area contributed by atoms with E-state index in [1.54, 1.807) is 4.90 Å². The first-order valence-corrected chi connectivity index (χ1v) is 9.21. The average Bonchev–Trinajstić information content (AvgIpc) is 3.28. The van der Waals surface area contributed by atoms with Gasteiger partial charge in [0.25, 0.3) is 0 Å². The van der Waals surface area contributed by atoms with Gasteiger partial charge in [0.1, 0.15) is 18.0 Å². The Morgan fingerprint density at radius 3 is 2.63 bits per heavy atom. The maximum absolute atomic E-state index is 12.7. The third-order valence-electron chi connectivity index (χ3n) is 5.34. The van der Waals surface area contributed by atoms with E-state index < -0.39 is 5.60 Å². The van der Waals surface area contributed by atoms with Crippen molar-refractivity contribution < 1.29 is 15.0 Å². The van der Waals surface area contributed by atoms with Gasteiger partial charge in [-0.05, 0) is 24.1 Å². The number of hydrogen-bond donors (Lipinski definition) is 2. The number of aryl methyl sites for hydroxylation is 1. The monoisotopic (exact) mass is 365 g/mol. The summed E-state index contributed by atoms with van der Waals surface area (Å²) in [5, 5.41) is 20.5. The van der Waals surface area contributed by atoms with Gasteiger partial charge in [-0.1, -0.05) is 42.5 Å². The molecular formula is C21H23N3O3. The topological polar surface area (TPSA) is 78.6 Å². The number of carbonyl (C=O) groups excluding carboxylic acids is 1. The van der Waals surface area contributed by atoms with Gasteiger partial charge >= 0.3 is 0 Å². The van der Waals surface area contributed by atoms with Gasteiger partial charge < -0.3 is 19.7 Å². The van der Waals surface area contributed by atoms with Crippen LogP contribution in [0.3, 0.4) is 0 Å². The molecule has 27 heavy (non-hydrogen) atoms. The molecule has 0 unspecified atom stereocenters. The van der Waals surface area contributed by atoms with Gasteiger partial charge in [-0.3, -0.25) is 4.79 Å². The van der Waals surface area contributed by atoms with Crippen molar-refractivity contribution in [1.29, 1.82) is 0 Å². The quantitative estimate of drug-likeness (QED) is 0.725. The lowest BCUT2D eigenvalue weighted by Crippen LogP contribution is -2.34. The lowest BCUT2D eigenvalue weighted by atomic mass is 9.93. The number of amides is 1. The second-order valence-electron chi connectivity index (χ2n) is 7.04. The van der Waals surface area contributed by atoms with E-state index in [0.29, 0.717) is 38.3 Å². The van der Waals surface area contributed by atoms with E-state index in [9.17, 15) is 15.0 Å². The molecule has 2 heterocycles. The molecule has 6 heteroatoms. The predicted octanol–water partition coefficient (Wildman–Crippen LogP) is 2.04. The number of aromatic nitrogens is 2. The maximum atomic E-state index is 12.7. The number of imidazole rings is 1. The average molecular weight is 365 g/mol. The maximum Gasteiger partial charge on any atom is 0.224 e. The second-order valence-corrected chi connectivity index (χ2v) is 7.04. The third kappa shape index (κ3) is 3.34. The van der Waals surface area contributed by atoms with Crippen molar-refractivity contribution in [1.82, 2.24) is 14.5 Å². The Labute approximate surface area is 157 Å². The molecule has 1 saturated heterocycles. The van der Waals surface area contributed by atoms with Gasteiger partial charge in [0.15, 0.2) is 0 Å². The highest BCUT2D eigenvalue weighted by molar-refractivity contribution is 5.78. The molecular weight excluding hydrogens is 342 g/mol. The first kappa shape index (κ1) is 17.7. The molecule has 0 aliphatic carbocycles. The highest BCUT2D eigenvalue weighted by Crippen LogP contribution is 2.32. The van der Waals surface area contributed by atoms with Crippen molar-refractivity contribution in [3.05, 3.63) is 66.0 Å². The summed E-state index contributed by atoms with van der Waals surface area (Å²) in [7, 11) is 0. The molecule has 1 aliphatic heterocycles. The van der Waals surface area contributed by atoms with E-state index in [1.807, 2.05) is 59.2 Å². The van der Waals surface area contributed by atoms with E-state index >= 15 is 0 Å². The number of β-amino-alcohol motifs (C(OH)–C–C–N with tert-alkyl or cyclic N) is 1. The number of nitrogens with zero attached hydrogens (tertiary/aromatic N) is 3. The molecule has 3 aromatic rings. The minimum atomic E-state index is -0.977. The number of benzene rings is 2. The van der Waals surface area contributed by atoms with Crippen molar-refractivity contribution in [2.24, 2.45) is 0 Å². The molecule has 1 aromatic heterocycles. The minimum Gasteiger partial charge on any atom is -0.388 e. The summed E-state index contributed by atoms with van der Waals surface area (Å²) >= 11 is 0. The Morgan fingerprint density at radius 2 is 1.85 bits per heavy atom. The van der Waals surface area contributed by atoms with Crippen molar-refractivity contribution in [2.45, 2.75) is 31.6 Å². The molecule has 1 aliphatic rings. The van der Waals surface area contributed by atoms with Crippen LogP contribution in [0.1, 0.15) is 24.2 Å². The largest absolute Gasteiger partial charge is 0.388 e. The highest BCUT2D eigenvalue weighted by atomic mass is 16.3. The van der Waals surface area contributed by atoms with Crippen LogP contribution in [0.25, 0.3) is 11.0 Å². The first-order valence-electron chi connectivity index (χ1n) is 9.21. The smallest absolute Gasteiger partial charge is 0.224 e. The molecule has 2 aromatic carbocycles. The Balaban J connectivity index is 1.45. The van der Waals surface area contributed by atoms with Crippen LogP contribution in [0, 0.1) is 0 Å². The summed E-state index contributed by atoms with van der Waals surface area (Å²) in [6.45, 7) is 1.14. The zero-order valence-electron chi connectivity index (χ0n) is 15.1. The Bertz CT molecular complexity index is 954. The van der Waals surface area contributed by atoms with E-state index in [1.165, 1.54) is 0 Å². The number of aliphatic hydroxyl groups excluding tert-OH is 1. The Hall–Kier alpha value is -2.70. The van der Waals surface area contributed by atoms with Crippen LogP contribution in [0.4, 0.5) is 0 Å². The van der Waals surface area contributed by atoms with Crippen molar-refractivity contribution >= 4 is 16.9 Å². The SMILES string of the molecule is O=C(CCn1c(CO)nc2ccccc21)N1CC[C@@](O)(c2ccccc2)C1. The van der Waals surface area contributed by atoms with Gasteiger partial charge in [0, 0.05) is 19.5 Å². The normalized spacial score (nSPS) is 19.7. The van der Waals surface area contributed by atoms with Crippen LogP contribution in [0.2, 0.25) is 0 Å². The molecule has 6 nitrogen and oxygen atoms in total. The molecule has 0 spiro atoms.